The van der Waals surface area contributed by atoms with E-state index in [2.05, 4.69) is 17.5 Å². The minimum absolute atomic E-state index is 0.319. The molecule has 0 bridgehead atoms. The molecule has 0 spiro atoms. The van der Waals surface area contributed by atoms with E-state index in [4.69, 9.17) is 0 Å². The molecule has 1 amide bonds. The molecule has 1 aromatic rings. The summed E-state index contributed by atoms with van der Waals surface area (Å²) in [5, 5.41) is 3.98. The van der Waals surface area contributed by atoms with E-state index in [1.54, 1.807) is 0 Å². The second-order valence-corrected chi connectivity index (χ2v) is 3.90. The summed E-state index contributed by atoms with van der Waals surface area (Å²) in [7, 11) is 0. The minimum Gasteiger partial charge on any atom is -0.267 e. The Kier molecular flexibility index (Phi) is 5.33. The van der Waals surface area contributed by atoms with Crippen molar-refractivity contribution < 1.29 is 9.18 Å². The van der Waals surface area contributed by atoms with Crippen LogP contribution in [0.5, 0.6) is 0 Å². The fourth-order valence-corrected chi connectivity index (χ4v) is 1.30. The first-order chi connectivity index (χ1) is 8.13. The number of nitrogens with one attached hydrogen (secondary N) is 1. The number of carbonyl (C=O) groups is 1. The highest BCUT2D eigenvalue weighted by molar-refractivity contribution is 5.95. The molecule has 4 heteroatoms. The molecule has 92 valence electrons. The molecule has 3 nitrogen and oxygen atoms in total. The molecule has 0 aliphatic carbocycles. The third kappa shape index (κ3) is 4.76. The molecule has 0 atom stereocenters. The quantitative estimate of drug-likeness (QED) is 0.619. The van der Waals surface area contributed by atoms with Crippen molar-refractivity contribution in [1.82, 2.24) is 5.43 Å². The van der Waals surface area contributed by atoms with Gasteiger partial charge in [-0.2, -0.15) is 5.10 Å². The van der Waals surface area contributed by atoms with Gasteiger partial charge in [0, 0.05) is 11.3 Å². The van der Waals surface area contributed by atoms with Crippen LogP contribution in [-0.2, 0) is 0 Å². The van der Waals surface area contributed by atoms with Gasteiger partial charge in [0.25, 0.3) is 5.91 Å². The zero-order chi connectivity index (χ0) is 12.7. The van der Waals surface area contributed by atoms with E-state index in [1.807, 2.05) is 6.92 Å². The number of nitrogens with zero attached hydrogens (tertiary/aromatic N) is 1. The molecule has 0 saturated carbocycles. The Bertz CT molecular complexity index is 398. The molecule has 17 heavy (non-hydrogen) atoms. The molecule has 0 aromatic heterocycles. The molecule has 1 N–H and O–H groups in total. The monoisotopic (exact) mass is 236 g/mol. The van der Waals surface area contributed by atoms with Crippen LogP contribution in [0.15, 0.2) is 29.4 Å². The molecule has 0 saturated heterocycles. The maximum Gasteiger partial charge on any atom is 0.271 e. The van der Waals surface area contributed by atoms with Gasteiger partial charge in [-0.15, -0.1) is 0 Å². The van der Waals surface area contributed by atoms with Crippen LogP contribution in [0.1, 0.15) is 43.5 Å². The Labute approximate surface area is 101 Å². The zero-order valence-corrected chi connectivity index (χ0v) is 10.2. The Morgan fingerprint density at radius 1 is 1.35 bits per heavy atom. The standard InChI is InChI=1S/C13H17FN2O/c1-3-4-5-10(2)15-16-13(17)11-6-8-12(14)9-7-11/h6-9H,3-5H2,1-2H3,(H,16,17). The van der Waals surface area contributed by atoms with Crippen LogP contribution in [0.25, 0.3) is 0 Å². The molecule has 1 rings (SSSR count). The Morgan fingerprint density at radius 2 is 2.00 bits per heavy atom. The Hall–Kier alpha value is -1.71. The summed E-state index contributed by atoms with van der Waals surface area (Å²) in [5.74, 6) is -0.676. The van der Waals surface area contributed by atoms with Crippen LogP contribution in [0.2, 0.25) is 0 Å². The lowest BCUT2D eigenvalue weighted by atomic mass is 10.2. The second-order valence-electron chi connectivity index (χ2n) is 3.90. The summed E-state index contributed by atoms with van der Waals surface area (Å²) < 4.78 is 12.6. The van der Waals surface area contributed by atoms with Crippen LogP contribution in [0, 0.1) is 5.82 Å². The Morgan fingerprint density at radius 3 is 2.59 bits per heavy atom. The number of rotatable bonds is 5. The van der Waals surface area contributed by atoms with Gasteiger partial charge in [0.2, 0.25) is 0 Å². The highest BCUT2D eigenvalue weighted by Gasteiger charge is 2.03. The van der Waals surface area contributed by atoms with E-state index >= 15 is 0 Å². The maximum atomic E-state index is 12.6. The second kappa shape index (κ2) is 6.78. The number of hydrogen-bond acceptors (Lipinski definition) is 2. The van der Waals surface area contributed by atoms with Crippen LogP contribution >= 0.6 is 0 Å². The van der Waals surface area contributed by atoms with E-state index in [0.717, 1.165) is 25.0 Å². The van der Waals surface area contributed by atoms with Crippen molar-refractivity contribution in [1.29, 1.82) is 0 Å². The summed E-state index contributed by atoms with van der Waals surface area (Å²) in [6.45, 7) is 3.98. The van der Waals surface area contributed by atoms with Crippen molar-refractivity contribution >= 4 is 11.6 Å². The number of hydrazone groups is 1. The van der Waals surface area contributed by atoms with Crippen molar-refractivity contribution in [3.05, 3.63) is 35.6 Å². The molecular weight excluding hydrogens is 219 g/mol. The third-order valence-electron chi connectivity index (χ3n) is 2.35. The van der Waals surface area contributed by atoms with Crippen molar-refractivity contribution in [2.45, 2.75) is 33.1 Å². The summed E-state index contributed by atoms with van der Waals surface area (Å²) >= 11 is 0. The normalized spacial score (nSPS) is 11.4. The first-order valence-electron chi connectivity index (χ1n) is 5.72. The van der Waals surface area contributed by atoms with E-state index in [-0.39, 0.29) is 11.7 Å². The van der Waals surface area contributed by atoms with Gasteiger partial charge < -0.3 is 0 Å². The third-order valence-corrected chi connectivity index (χ3v) is 2.35. The predicted octanol–water partition coefficient (Wildman–Crippen LogP) is 3.12. The number of halogens is 1. The number of carbonyl (C=O) groups excluding carboxylic acids is 1. The molecule has 0 heterocycles. The topological polar surface area (TPSA) is 41.5 Å². The van der Waals surface area contributed by atoms with E-state index in [1.165, 1.54) is 24.3 Å². The highest BCUT2D eigenvalue weighted by atomic mass is 19.1. The van der Waals surface area contributed by atoms with Crippen molar-refractivity contribution in [3.63, 3.8) is 0 Å². The lowest BCUT2D eigenvalue weighted by Gasteiger charge is -2.02. The zero-order valence-electron chi connectivity index (χ0n) is 10.2. The molecule has 0 fully saturated rings. The number of hydrogen-bond donors (Lipinski definition) is 1. The summed E-state index contributed by atoms with van der Waals surface area (Å²) in [5.41, 5.74) is 3.75. The predicted molar refractivity (Wildman–Crippen MR) is 66.5 cm³/mol. The molecule has 0 radical (unpaired) electrons. The van der Waals surface area contributed by atoms with Crippen LogP contribution in [0.4, 0.5) is 4.39 Å². The number of amides is 1. The van der Waals surface area contributed by atoms with Crippen molar-refractivity contribution in [2.24, 2.45) is 5.10 Å². The fourth-order valence-electron chi connectivity index (χ4n) is 1.30. The van der Waals surface area contributed by atoms with Gasteiger partial charge in [-0.25, -0.2) is 9.82 Å². The lowest BCUT2D eigenvalue weighted by molar-refractivity contribution is 0.0954. The lowest BCUT2D eigenvalue weighted by Crippen LogP contribution is -2.19. The molecular formula is C13H17FN2O. The van der Waals surface area contributed by atoms with Gasteiger partial charge in [0.15, 0.2) is 0 Å². The van der Waals surface area contributed by atoms with Gasteiger partial charge in [-0.05, 0) is 44.0 Å². The van der Waals surface area contributed by atoms with Crippen LogP contribution in [0.3, 0.4) is 0 Å². The Balaban J connectivity index is 2.52. The van der Waals surface area contributed by atoms with Gasteiger partial charge in [-0.3, -0.25) is 4.79 Å². The first-order valence-corrected chi connectivity index (χ1v) is 5.72. The molecule has 0 aliphatic rings. The molecule has 0 aliphatic heterocycles. The smallest absolute Gasteiger partial charge is 0.267 e. The van der Waals surface area contributed by atoms with E-state index < -0.39 is 0 Å². The van der Waals surface area contributed by atoms with Crippen molar-refractivity contribution in [3.8, 4) is 0 Å². The van der Waals surface area contributed by atoms with Gasteiger partial charge in [-0.1, -0.05) is 13.3 Å². The SMILES string of the molecule is CCCCC(C)=NNC(=O)c1ccc(F)cc1. The highest BCUT2D eigenvalue weighted by Crippen LogP contribution is 2.02. The number of benzene rings is 1. The summed E-state index contributed by atoms with van der Waals surface area (Å²) in [6.07, 6.45) is 3.03. The van der Waals surface area contributed by atoms with E-state index in [9.17, 15) is 9.18 Å². The van der Waals surface area contributed by atoms with Crippen LogP contribution in [-0.4, -0.2) is 11.6 Å². The van der Waals surface area contributed by atoms with Gasteiger partial charge in [0.1, 0.15) is 5.82 Å². The molecule has 1 aromatic carbocycles. The first kappa shape index (κ1) is 13.4. The average Bonchev–Trinajstić information content (AvgIpc) is 2.34. The van der Waals surface area contributed by atoms with Gasteiger partial charge >= 0.3 is 0 Å². The fraction of sp³-hybridized carbons (Fsp3) is 0.385. The maximum absolute atomic E-state index is 12.6. The summed E-state index contributed by atoms with van der Waals surface area (Å²) in [6, 6.07) is 5.37. The average molecular weight is 236 g/mol. The largest absolute Gasteiger partial charge is 0.271 e. The number of unbranched alkanes of at least 4 members (excludes halogenated alkanes) is 1. The summed E-state index contributed by atoms with van der Waals surface area (Å²) in [4.78, 5) is 11.6. The molecule has 0 unspecified atom stereocenters. The van der Waals surface area contributed by atoms with Gasteiger partial charge in [0.05, 0.1) is 0 Å². The van der Waals surface area contributed by atoms with Crippen molar-refractivity contribution in [2.75, 3.05) is 0 Å². The minimum atomic E-state index is -0.357. The van der Waals surface area contributed by atoms with Crippen LogP contribution < -0.4 is 5.43 Å². The van der Waals surface area contributed by atoms with E-state index in [0.29, 0.717) is 5.56 Å².